The Morgan fingerprint density at radius 3 is 2.50 bits per heavy atom. The van der Waals surface area contributed by atoms with E-state index in [2.05, 4.69) is 52.2 Å². The van der Waals surface area contributed by atoms with Crippen LogP contribution in [0.2, 0.25) is 5.02 Å². The van der Waals surface area contributed by atoms with Crippen LogP contribution in [0.3, 0.4) is 0 Å². The normalized spacial score (nSPS) is 16.4. The summed E-state index contributed by atoms with van der Waals surface area (Å²) in [7, 11) is 0. The van der Waals surface area contributed by atoms with Gasteiger partial charge in [0.1, 0.15) is 0 Å². The van der Waals surface area contributed by atoms with Gasteiger partial charge in [-0.15, -0.1) is 22.7 Å². The molecule has 4 aromatic rings. The van der Waals surface area contributed by atoms with E-state index in [0.717, 1.165) is 33.5 Å². The molecule has 5 rings (SSSR count). The van der Waals surface area contributed by atoms with Gasteiger partial charge in [-0.05, 0) is 29.1 Å². The van der Waals surface area contributed by atoms with E-state index in [-0.39, 0.29) is 6.04 Å². The Morgan fingerprint density at radius 1 is 0.929 bits per heavy atom. The molecule has 0 saturated heterocycles. The van der Waals surface area contributed by atoms with Crippen molar-refractivity contribution in [2.24, 2.45) is 5.10 Å². The molecule has 0 N–H and O–H groups in total. The van der Waals surface area contributed by atoms with Gasteiger partial charge in [0.15, 0.2) is 0 Å². The SMILES string of the molecule is Clc1ccc(-c2csc(N3N=C(c4cccs4)C[C@@H]3c3ccccc3)n2)cc1. The Labute approximate surface area is 176 Å². The first-order valence-electron chi connectivity index (χ1n) is 8.95. The molecule has 0 unspecified atom stereocenters. The second kappa shape index (κ2) is 7.51. The quantitative estimate of drug-likeness (QED) is 0.359. The highest BCUT2D eigenvalue weighted by Crippen LogP contribution is 2.39. The van der Waals surface area contributed by atoms with Gasteiger partial charge < -0.3 is 0 Å². The Morgan fingerprint density at radius 2 is 1.75 bits per heavy atom. The maximum Gasteiger partial charge on any atom is 0.207 e. The van der Waals surface area contributed by atoms with Gasteiger partial charge >= 0.3 is 0 Å². The summed E-state index contributed by atoms with van der Waals surface area (Å²) in [6, 6.07) is 22.7. The van der Waals surface area contributed by atoms with Crippen LogP contribution in [0.5, 0.6) is 0 Å². The van der Waals surface area contributed by atoms with Crippen molar-refractivity contribution < 1.29 is 0 Å². The molecule has 1 aliphatic rings. The first-order valence-corrected chi connectivity index (χ1v) is 11.1. The molecule has 0 fully saturated rings. The van der Waals surface area contributed by atoms with Crippen LogP contribution in [0.25, 0.3) is 11.3 Å². The number of thiazole rings is 1. The zero-order chi connectivity index (χ0) is 18.9. The van der Waals surface area contributed by atoms with Crippen molar-refractivity contribution in [3.05, 3.63) is 93.0 Å². The second-order valence-electron chi connectivity index (χ2n) is 6.52. The molecular formula is C22H16ClN3S2. The third-order valence-electron chi connectivity index (χ3n) is 4.73. The monoisotopic (exact) mass is 421 g/mol. The predicted octanol–water partition coefficient (Wildman–Crippen LogP) is 6.88. The Bertz CT molecular complexity index is 1100. The fraction of sp³-hybridized carbons (Fsp3) is 0.0909. The van der Waals surface area contributed by atoms with Gasteiger partial charge in [-0.3, -0.25) is 0 Å². The van der Waals surface area contributed by atoms with Gasteiger partial charge in [0.25, 0.3) is 0 Å². The summed E-state index contributed by atoms with van der Waals surface area (Å²) in [6.07, 6.45) is 0.875. The topological polar surface area (TPSA) is 28.5 Å². The van der Waals surface area contributed by atoms with Gasteiger partial charge in [0, 0.05) is 22.4 Å². The third kappa shape index (κ3) is 3.37. The molecule has 0 bridgehead atoms. The predicted molar refractivity (Wildman–Crippen MR) is 120 cm³/mol. The highest BCUT2D eigenvalue weighted by molar-refractivity contribution is 7.14. The number of thiophene rings is 1. The van der Waals surface area contributed by atoms with Crippen LogP contribution in [-0.4, -0.2) is 10.7 Å². The van der Waals surface area contributed by atoms with Crippen LogP contribution >= 0.6 is 34.3 Å². The van der Waals surface area contributed by atoms with Crippen LogP contribution in [-0.2, 0) is 0 Å². The molecule has 0 saturated carbocycles. The molecule has 3 nitrogen and oxygen atoms in total. The minimum Gasteiger partial charge on any atom is -0.231 e. The van der Waals surface area contributed by atoms with Gasteiger partial charge in [0.2, 0.25) is 5.13 Å². The summed E-state index contributed by atoms with van der Waals surface area (Å²) >= 11 is 9.37. The summed E-state index contributed by atoms with van der Waals surface area (Å²) in [6.45, 7) is 0. The number of halogens is 1. The van der Waals surface area contributed by atoms with Crippen molar-refractivity contribution >= 4 is 45.1 Å². The minimum absolute atomic E-state index is 0.155. The molecule has 2 aromatic heterocycles. The van der Waals surface area contributed by atoms with Crippen molar-refractivity contribution in [1.29, 1.82) is 0 Å². The van der Waals surface area contributed by atoms with E-state index in [1.54, 1.807) is 22.7 Å². The Balaban J connectivity index is 1.52. The summed E-state index contributed by atoms with van der Waals surface area (Å²) in [4.78, 5) is 6.10. The van der Waals surface area contributed by atoms with Crippen LogP contribution in [0, 0.1) is 0 Å². The molecule has 2 aromatic carbocycles. The largest absolute Gasteiger partial charge is 0.231 e. The lowest BCUT2D eigenvalue weighted by molar-refractivity contribution is 0.706. The molecule has 0 spiro atoms. The van der Waals surface area contributed by atoms with Crippen molar-refractivity contribution in [2.75, 3.05) is 5.01 Å². The van der Waals surface area contributed by atoms with Gasteiger partial charge in [-0.1, -0.05) is 60.1 Å². The molecule has 28 heavy (non-hydrogen) atoms. The van der Waals surface area contributed by atoms with Crippen LogP contribution in [0.4, 0.5) is 5.13 Å². The summed E-state index contributed by atoms with van der Waals surface area (Å²) in [5.74, 6) is 0. The highest BCUT2D eigenvalue weighted by atomic mass is 35.5. The molecule has 3 heterocycles. The fourth-order valence-corrected chi connectivity index (χ4v) is 5.02. The summed E-state index contributed by atoms with van der Waals surface area (Å²) in [5, 5.41) is 12.9. The smallest absolute Gasteiger partial charge is 0.207 e. The molecule has 138 valence electrons. The van der Waals surface area contributed by atoms with E-state index < -0.39 is 0 Å². The zero-order valence-electron chi connectivity index (χ0n) is 14.8. The Kier molecular flexibility index (Phi) is 4.72. The van der Waals surface area contributed by atoms with Gasteiger partial charge in [0.05, 0.1) is 22.3 Å². The van der Waals surface area contributed by atoms with Crippen LogP contribution in [0.1, 0.15) is 22.9 Å². The first kappa shape index (κ1) is 17.6. The average Bonchev–Trinajstić information content (AvgIpc) is 3.48. The zero-order valence-corrected chi connectivity index (χ0v) is 17.2. The van der Waals surface area contributed by atoms with E-state index in [1.165, 1.54) is 10.4 Å². The lowest BCUT2D eigenvalue weighted by Crippen LogP contribution is -2.18. The van der Waals surface area contributed by atoms with E-state index in [9.17, 15) is 0 Å². The maximum absolute atomic E-state index is 6.02. The summed E-state index contributed by atoms with van der Waals surface area (Å²) in [5.41, 5.74) is 4.38. The van der Waals surface area contributed by atoms with E-state index >= 15 is 0 Å². The highest BCUT2D eigenvalue weighted by Gasteiger charge is 2.32. The molecule has 1 atom stereocenters. The van der Waals surface area contributed by atoms with Gasteiger partial charge in [-0.2, -0.15) is 5.10 Å². The van der Waals surface area contributed by atoms with Crippen LogP contribution < -0.4 is 5.01 Å². The number of aromatic nitrogens is 1. The average molecular weight is 422 g/mol. The number of rotatable bonds is 4. The number of nitrogens with zero attached hydrogens (tertiary/aromatic N) is 3. The standard InChI is InChI=1S/C22H16ClN3S2/c23-17-10-8-15(9-11-17)19-14-28-22(24-19)26-20(16-5-2-1-3-6-16)13-18(25-26)21-7-4-12-27-21/h1-12,14,20H,13H2/t20-/m1/s1. The Hall–Kier alpha value is -2.47. The second-order valence-corrected chi connectivity index (χ2v) is 8.74. The minimum atomic E-state index is 0.155. The molecule has 6 heteroatoms. The van der Waals surface area contributed by atoms with Crippen molar-refractivity contribution in [3.8, 4) is 11.3 Å². The van der Waals surface area contributed by atoms with Crippen LogP contribution in [0.15, 0.2) is 82.6 Å². The number of hydrogen-bond acceptors (Lipinski definition) is 5. The van der Waals surface area contributed by atoms with Gasteiger partial charge in [-0.25, -0.2) is 9.99 Å². The number of hydrazone groups is 1. The first-order chi connectivity index (χ1) is 13.8. The number of anilines is 1. The van der Waals surface area contributed by atoms with E-state index in [0.29, 0.717) is 0 Å². The van der Waals surface area contributed by atoms with Crippen molar-refractivity contribution in [1.82, 2.24) is 4.98 Å². The number of benzene rings is 2. The molecule has 0 amide bonds. The summed E-state index contributed by atoms with van der Waals surface area (Å²) < 4.78 is 0. The fourth-order valence-electron chi connectivity index (χ4n) is 3.34. The number of hydrogen-bond donors (Lipinski definition) is 0. The maximum atomic E-state index is 6.02. The lowest BCUT2D eigenvalue weighted by atomic mass is 10.0. The molecule has 1 aliphatic heterocycles. The molecule has 0 aliphatic carbocycles. The molecular weight excluding hydrogens is 406 g/mol. The van der Waals surface area contributed by atoms with E-state index in [1.807, 2.05) is 30.3 Å². The molecule has 0 radical (unpaired) electrons. The lowest BCUT2D eigenvalue weighted by Gasteiger charge is -2.21. The van der Waals surface area contributed by atoms with Crippen molar-refractivity contribution in [3.63, 3.8) is 0 Å². The van der Waals surface area contributed by atoms with Crippen molar-refractivity contribution in [2.45, 2.75) is 12.5 Å². The third-order valence-corrected chi connectivity index (χ3v) is 6.73. The van der Waals surface area contributed by atoms with E-state index in [4.69, 9.17) is 21.7 Å².